The predicted octanol–water partition coefficient (Wildman–Crippen LogP) is 3.73. The molecule has 1 saturated heterocycles. The topological polar surface area (TPSA) is 67.6 Å². The lowest BCUT2D eigenvalue weighted by molar-refractivity contribution is -0.117. The molecule has 4 rings (SSSR count). The van der Waals surface area contributed by atoms with Crippen molar-refractivity contribution in [3.63, 3.8) is 0 Å². The monoisotopic (exact) mass is 387 g/mol. The lowest BCUT2D eigenvalue weighted by atomic mass is 10.0. The normalized spacial score (nSPS) is 21.7. The maximum absolute atomic E-state index is 13.2. The minimum Gasteiger partial charge on any atom is -0.492 e. The number of alkyl halides is 1. The van der Waals surface area contributed by atoms with Crippen molar-refractivity contribution < 1.29 is 18.4 Å². The molecule has 0 unspecified atom stereocenters. The van der Waals surface area contributed by atoms with E-state index in [2.05, 4.69) is 15.4 Å². The molecule has 2 aliphatic rings. The maximum atomic E-state index is 13.2. The first kappa shape index (κ1) is 18.9. The van der Waals surface area contributed by atoms with Crippen molar-refractivity contribution in [2.24, 2.45) is 5.92 Å². The molecule has 1 N–H and O–H groups in total. The van der Waals surface area contributed by atoms with Crippen LogP contribution in [0.3, 0.4) is 0 Å². The number of ether oxygens (including phenoxy) is 1. The van der Waals surface area contributed by atoms with Crippen LogP contribution in [-0.4, -0.2) is 48.4 Å². The predicted molar refractivity (Wildman–Crippen MR) is 104 cm³/mol. The summed E-state index contributed by atoms with van der Waals surface area (Å²) in [5.74, 6) is 0.608. The minimum atomic E-state index is -1.02. The van der Waals surface area contributed by atoms with Crippen LogP contribution in [0, 0.1) is 19.8 Å². The highest BCUT2D eigenvalue weighted by atomic mass is 19.1. The largest absolute Gasteiger partial charge is 0.492 e. The second kappa shape index (κ2) is 7.91. The summed E-state index contributed by atoms with van der Waals surface area (Å²) in [5.41, 5.74) is 3.06. The van der Waals surface area contributed by atoms with Crippen molar-refractivity contribution in [1.82, 2.24) is 10.1 Å². The van der Waals surface area contributed by atoms with E-state index in [0.29, 0.717) is 24.5 Å². The van der Waals surface area contributed by atoms with Crippen LogP contribution >= 0.6 is 0 Å². The molecule has 0 bridgehead atoms. The summed E-state index contributed by atoms with van der Waals surface area (Å²) in [6.45, 7) is 7.46. The molecule has 6 nitrogen and oxygen atoms in total. The number of aromatic nitrogens is 1. The van der Waals surface area contributed by atoms with Crippen molar-refractivity contribution in [3.8, 4) is 16.9 Å². The zero-order valence-electron chi connectivity index (χ0n) is 16.3. The van der Waals surface area contributed by atoms with Gasteiger partial charge in [0.15, 0.2) is 0 Å². The van der Waals surface area contributed by atoms with E-state index in [1.807, 2.05) is 26.0 Å². The first-order valence-corrected chi connectivity index (χ1v) is 9.90. The molecule has 0 radical (unpaired) electrons. The number of halogens is 1. The Hall–Kier alpha value is -2.41. The molecule has 2 fully saturated rings. The summed E-state index contributed by atoms with van der Waals surface area (Å²) in [7, 11) is 0. The van der Waals surface area contributed by atoms with Gasteiger partial charge in [-0.2, -0.15) is 0 Å². The summed E-state index contributed by atoms with van der Waals surface area (Å²) >= 11 is 0. The van der Waals surface area contributed by atoms with E-state index in [9.17, 15) is 9.18 Å². The molecular weight excluding hydrogens is 361 g/mol. The van der Waals surface area contributed by atoms with E-state index in [0.717, 1.165) is 42.2 Å². The standard InChI is InChI=1S/C21H26FN3O3/c1-13-20(14(2)28-24-13)17-11-15(23-21(26)16-12-18(16)22)5-6-19(17)27-10-9-25-7-3-4-8-25/h5-6,11,16,18H,3-4,7-10,12H2,1-2H3,(H,23,26)/t16-,18+/m0/s1. The van der Waals surface area contributed by atoms with Crippen LogP contribution in [0.15, 0.2) is 22.7 Å². The molecule has 1 saturated carbocycles. The van der Waals surface area contributed by atoms with Gasteiger partial charge in [-0.15, -0.1) is 0 Å². The molecule has 28 heavy (non-hydrogen) atoms. The first-order chi connectivity index (χ1) is 13.5. The van der Waals surface area contributed by atoms with Crippen LogP contribution in [0.1, 0.15) is 30.7 Å². The van der Waals surface area contributed by atoms with Gasteiger partial charge in [0, 0.05) is 17.8 Å². The lowest BCUT2D eigenvalue weighted by Gasteiger charge is -2.17. The summed E-state index contributed by atoms with van der Waals surface area (Å²) in [4.78, 5) is 14.5. The molecule has 1 aromatic heterocycles. The third-order valence-electron chi connectivity index (χ3n) is 5.46. The molecule has 150 valence electrons. The second-order valence-electron chi connectivity index (χ2n) is 7.65. The van der Waals surface area contributed by atoms with Crippen LogP contribution in [0.5, 0.6) is 5.75 Å². The molecule has 2 heterocycles. The van der Waals surface area contributed by atoms with E-state index >= 15 is 0 Å². The Morgan fingerprint density at radius 1 is 1.36 bits per heavy atom. The van der Waals surface area contributed by atoms with Crippen LogP contribution in [-0.2, 0) is 4.79 Å². The average molecular weight is 387 g/mol. The number of aryl methyl sites for hydroxylation is 2. The molecule has 1 aromatic carbocycles. The molecule has 2 aromatic rings. The lowest BCUT2D eigenvalue weighted by Crippen LogP contribution is -2.25. The van der Waals surface area contributed by atoms with E-state index in [4.69, 9.17) is 9.26 Å². The molecule has 0 spiro atoms. The fourth-order valence-corrected chi connectivity index (χ4v) is 3.76. The molecule has 1 amide bonds. The number of benzene rings is 1. The minimum absolute atomic E-state index is 0.278. The Morgan fingerprint density at radius 2 is 2.11 bits per heavy atom. The van der Waals surface area contributed by atoms with Crippen molar-refractivity contribution in [2.75, 3.05) is 31.6 Å². The van der Waals surface area contributed by atoms with E-state index < -0.39 is 12.1 Å². The number of rotatable bonds is 7. The highest BCUT2D eigenvalue weighted by molar-refractivity contribution is 5.95. The van der Waals surface area contributed by atoms with Crippen molar-refractivity contribution in [1.29, 1.82) is 0 Å². The van der Waals surface area contributed by atoms with Crippen molar-refractivity contribution >= 4 is 11.6 Å². The number of hydrogen-bond acceptors (Lipinski definition) is 5. The van der Waals surface area contributed by atoms with E-state index in [-0.39, 0.29) is 5.91 Å². The molecule has 2 atom stereocenters. The van der Waals surface area contributed by atoms with Crippen LogP contribution in [0.2, 0.25) is 0 Å². The summed E-state index contributed by atoms with van der Waals surface area (Å²) in [6, 6.07) is 5.49. The van der Waals surface area contributed by atoms with Gasteiger partial charge < -0.3 is 14.6 Å². The van der Waals surface area contributed by atoms with Gasteiger partial charge in [0.05, 0.1) is 17.2 Å². The zero-order valence-corrected chi connectivity index (χ0v) is 16.3. The Bertz CT molecular complexity index is 841. The van der Waals surface area contributed by atoms with Gasteiger partial charge in [0.2, 0.25) is 5.91 Å². The van der Waals surface area contributed by atoms with Gasteiger partial charge >= 0.3 is 0 Å². The summed E-state index contributed by atoms with van der Waals surface area (Å²) in [5, 5.41) is 6.85. The molecule has 1 aliphatic heterocycles. The maximum Gasteiger partial charge on any atom is 0.230 e. The molecule has 1 aliphatic carbocycles. The van der Waals surface area contributed by atoms with Gasteiger partial charge in [-0.25, -0.2) is 4.39 Å². The van der Waals surface area contributed by atoms with Gasteiger partial charge in [-0.05, 0) is 64.4 Å². The van der Waals surface area contributed by atoms with Gasteiger partial charge in [-0.3, -0.25) is 9.69 Å². The SMILES string of the molecule is Cc1noc(C)c1-c1cc(NC(=O)[C@H]2C[C@H]2F)ccc1OCCN1CCCC1. The number of nitrogens with zero attached hydrogens (tertiary/aromatic N) is 2. The van der Waals surface area contributed by atoms with Gasteiger partial charge in [-0.1, -0.05) is 5.16 Å². The quantitative estimate of drug-likeness (QED) is 0.784. The fraction of sp³-hybridized carbons (Fsp3) is 0.524. The zero-order chi connectivity index (χ0) is 19.7. The van der Waals surface area contributed by atoms with Gasteiger partial charge in [0.1, 0.15) is 24.3 Å². The number of likely N-dealkylation sites (tertiary alicyclic amines) is 1. The number of carbonyl (C=O) groups excluding carboxylic acids is 1. The molecular formula is C21H26FN3O3. The Balaban J connectivity index is 1.54. The Morgan fingerprint density at radius 3 is 2.75 bits per heavy atom. The third kappa shape index (κ3) is 4.04. The highest BCUT2D eigenvalue weighted by Gasteiger charge is 2.43. The van der Waals surface area contributed by atoms with Gasteiger partial charge in [0.25, 0.3) is 0 Å². The number of amides is 1. The van der Waals surface area contributed by atoms with E-state index in [1.165, 1.54) is 12.8 Å². The van der Waals surface area contributed by atoms with E-state index in [1.54, 1.807) is 6.07 Å². The number of carbonyl (C=O) groups is 1. The smallest absolute Gasteiger partial charge is 0.230 e. The third-order valence-corrected chi connectivity index (χ3v) is 5.46. The Kier molecular flexibility index (Phi) is 5.35. The fourth-order valence-electron chi connectivity index (χ4n) is 3.76. The number of hydrogen-bond donors (Lipinski definition) is 1. The second-order valence-corrected chi connectivity index (χ2v) is 7.65. The number of anilines is 1. The van der Waals surface area contributed by atoms with Crippen LogP contribution in [0.4, 0.5) is 10.1 Å². The average Bonchev–Trinajstić information content (AvgIpc) is 3.03. The first-order valence-electron chi connectivity index (χ1n) is 9.90. The van der Waals surface area contributed by atoms with Crippen LogP contribution in [0.25, 0.3) is 11.1 Å². The summed E-state index contributed by atoms with van der Waals surface area (Å²) < 4.78 is 24.6. The van der Waals surface area contributed by atoms with Crippen LogP contribution < -0.4 is 10.1 Å². The summed E-state index contributed by atoms with van der Waals surface area (Å²) in [6.07, 6.45) is 1.79. The number of nitrogens with one attached hydrogen (secondary N) is 1. The van der Waals surface area contributed by atoms with Crippen molar-refractivity contribution in [3.05, 3.63) is 29.7 Å². The Labute approximate surface area is 164 Å². The highest BCUT2D eigenvalue weighted by Crippen LogP contribution is 2.38. The van der Waals surface area contributed by atoms with Crippen molar-refractivity contribution in [2.45, 2.75) is 39.3 Å². The molecule has 7 heteroatoms.